The van der Waals surface area contributed by atoms with Gasteiger partial charge in [0.05, 0.1) is 4.90 Å². The van der Waals surface area contributed by atoms with Gasteiger partial charge in [-0.2, -0.15) is 4.31 Å². The molecule has 4 nitrogen and oxygen atoms in total. The molecule has 1 saturated heterocycles. The first kappa shape index (κ1) is 14.8. The van der Waals surface area contributed by atoms with Crippen LogP contribution >= 0.6 is 11.6 Å². The first-order chi connectivity index (χ1) is 10.00. The fourth-order valence-corrected chi connectivity index (χ4v) is 4.70. The Balaban J connectivity index is 2.05. The summed E-state index contributed by atoms with van der Waals surface area (Å²) in [5.41, 5.74) is 0. The number of rotatable bonds is 2. The molecule has 1 aromatic heterocycles. The molecule has 0 spiro atoms. The number of pyridine rings is 1. The molecule has 1 aromatic carbocycles. The molecule has 21 heavy (non-hydrogen) atoms. The summed E-state index contributed by atoms with van der Waals surface area (Å²) in [6.07, 6.45) is 3.99. The van der Waals surface area contributed by atoms with E-state index in [0.29, 0.717) is 29.8 Å². The van der Waals surface area contributed by atoms with Crippen LogP contribution in [0.2, 0.25) is 0 Å². The van der Waals surface area contributed by atoms with Gasteiger partial charge in [-0.15, -0.1) is 11.6 Å². The monoisotopic (exact) mass is 324 g/mol. The van der Waals surface area contributed by atoms with Crippen molar-refractivity contribution in [3.8, 4) is 0 Å². The van der Waals surface area contributed by atoms with E-state index in [-0.39, 0.29) is 11.3 Å². The Hall–Kier alpha value is -1.17. The topological polar surface area (TPSA) is 50.3 Å². The molecule has 0 amide bonds. The summed E-state index contributed by atoms with van der Waals surface area (Å²) >= 11 is 6.19. The number of fused-ring (bicyclic) bond motifs is 1. The number of benzene rings is 1. The molecule has 0 bridgehead atoms. The summed E-state index contributed by atoms with van der Waals surface area (Å²) in [6, 6.07) is 7.04. The highest BCUT2D eigenvalue weighted by Gasteiger charge is 2.33. The zero-order valence-corrected chi connectivity index (χ0v) is 13.3. The number of aromatic nitrogens is 1. The quantitative estimate of drug-likeness (QED) is 0.798. The van der Waals surface area contributed by atoms with E-state index in [1.807, 2.05) is 13.0 Å². The van der Waals surface area contributed by atoms with Crippen molar-refractivity contribution < 1.29 is 8.42 Å². The van der Waals surface area contributed by atoms with Gasteiger partial charge in [0.25, 0.3) is 0 Å². The minimum atomic E-state index is -3.50. The number of hydrogen-bond acceptors (Lipinski definition) is 3. The van der Waals surface area contributed by atoms with Gasteiger partial charge in [0.2, 0.25) is 10.0 Å². The average molecular weight is 325 g/mol. The van der Waals surface area contributed by atoms with Crippen molar-refractivity contribution in [1.29, 1.82) is 0 Å². The fraction of sp³-hybridized carbons (Fsp3) is 0.400. The van der Waals surface area contributed by atoms with Crippen molar-refractivity contribution >= 4 is 32.4 Å². The zero-order chi connectivity index (χ0) is 15.0. The van der Waals surface area contributed by atoms with Crippen LogP contribution in [-0.4, -0.2) is 36.2 Å². The predicted octanol–water partition coefficient (Wildman–Crippen LogP) is 2.87. The second-order valence-corrected chi connectivity index (χ2v) is 7.96. The van der Waals surface area contributed by atoms with Gasteiger partial charge in [0.15, 0.2) is 0 Å². The molecular formula is C15H17ClN2O2S. The first-order valence-corrected chi connectivity index (χ1v) is 8.85. The molecule has 3 rings (SSSR count). The number of sulfonamides is 1. The Morgan fingerprint density at radius 3 is 2.90 bits per heavy atom. The molecule has 2 heterocycles. The van der Waals surface area contributed by atoms with Crippen molar-refractivity contribution in [2.24, 2.45) is 5.92 Å². The van der Waals surface area contributed by atoms with Crippen LogP contribution in [0.15, 0.2) is 41.6 Å². The van der Waals surface area contributed by atoms with Gasteiger partial charge in [-0.3, -0.25) is 4.98 Å². The molecule has 6 heteroatoms. The number of nitrogens with zero attached hydrogens (tertiary/aromatic N) is 2. The lowest BCUT2D eigenvalue weighted by atomic mass is 10.0. The maximum Gasteiger partial charge on any atom is 0.243 e. The highest BCUT2D eigenvalue weighted by Crippen LogP contribution is 2.29. The molecule has 2 unspecified atom stereocenters. The second-order valence-electron chi connectivity index (χ2n) is 5.50. The third-order valence-electron chi connectivity index (χ3n) is 4.02. The predicted molar refractivity (Wildman–Crippen MR) is 83.9 cm³/mol. The fourth-order valence-electron chi connectivity index (χ4n) is 2.75. The smallest absolute Gasteiger partial charge is 0.243 e. The summed E-state index contributed by atoms with van der Waals surface area (Å²) < 4.78 is 27.4. The minimum Gasteiger partial charge on any atom is -0.264 e. The van der Waals surface area contributed by atoms with E-state index in [1.165, 1.54) is 0 Å². The Morgan fingerprint density at radius 2 is 2.14 bits per heavy atom. The van der Waals surface area contributed by atoms with Crippen molar-refractivity contribution in [2.45, 2.75) is 23.6 Å². The Morgan fingerprint density at radius 1 is 1.33 bits per heavy atom. The molecule has 2 aromatic rings. The Bertz CT molecular complexity index is 758. The lowest BCUT2D eigenvalue weighted by Crippen LogP contribution is -2.43. The van der Waals surface area contributed by atoms with Crippen molar-refractivity contribution in [3.05, 3.63) is 36.7 Å². The lowest BCUT2D eigenvalue weighted by molar-refractivity contribution is 0.286. The number of hydrogen-bond donors (Lipinski definition) is 0. The van der Waals surface area contributed by atoms with E-state index in [2.05, 4.69) is 4.98 Å². The molecule has 0 N–H and O–H groups in total. The van der Waals surface area contributed by atoms with Gasteiger partial charge in [-0.25, -0.2) is 8.42 Å². The minimum absolute atomic E-state index is 0.0492. The van der Waals surface area contributed by atoms with Crippen LogP contribution < -0.4 is 0 Å². The van der Waals surface area contributed by atoms with Crippen molar-refractivity contribution in [3.63, 3.8) is 0 Å². The van der Waals surface area contributed by atoms with Gasteiger partial charge < -0.3 is 0 Å². The molecule has 1 fully saturated rings. The molecule has 0 aliphatic carbocycles. The molecule has 0 saturated carbocycles. The van der Waals surface area contributed by atoms with Gasteiger partial charge in [0, 0.05) is 41.6 Å². The van der Waals surface area contributed by atoms with E-state index in [0.717, 1.165) is 5.39 Å². The Labute approximate surface area is 129 Å². The van der Waals surface area contributed by atoms with E-state index >= 15 is 0 Å². The molecule has 2 atom stereocenters. The zero-order valence-electron chi connectivity index (χ0n) is 11.7. The van der Waals surface area contributed by atoms with Crippen LogP contribution in [0.25, 0.3) is 10.8 Å². The van der Waals surface area contributed by atoms with Crippen LogP contribution in [0.5, 0.6) is 0 Å². The van der Waals surface area contributed by atoms with Crippen LogP contribution in [0, 0.1) is 5.92 Å². The molecule has 1 aliphatic heterocycles. The van der Waals surface area contributed by atoms with Crippen LogP contribution in [0.3, 0.4) is 0 Å². The third kappa shape index (κ3) is 2.65. The molecule has 0 radical (unpaired) electrons. The molecular weight excluding hydrogens is 308 g/mol. The first-order valence-electron chi connectivity index (χ1n) is 6.97. The summed E-state index contributed by atoms with van der Waals surface area (Å²) in [5, 5.41) is 1.60. The second kappa shape index (κ2) is 5.55. The van der Waals surface area contributed by atoms with Gasteiger partial charge in [-0.05, 0) is 24.5 Å². The summed E-state index contributed by atoms with van der Waals surface area (Å²) in [5.74, 6) is 0.159. The van der Waals surface area contributed by atoms with E-state index < -0.39 is 10.0 Å². The summed E-state index contributed by atoms with van der Waals surface area (Å²) in [7, 11) is -3.50. The van der Waals surface area contributed by atoms with Crippen LogP contribution in [0.1, 0.15) is 13.3 Å². The maximum absolute atomic E-state index is 12.9. The summed E-state index contributed by atoms with van der Waals surface area (Å²) in [4.78, 5) is 4.39. The normalized spacial score (nSPS) is 24.3. The van der Waals surface area contributed by atoms with E-state index in [1.54, 1.807) is 34.9 Å². The largest absolute Gasteiger partial charge is 0.264 e. The van der Waals surface area contributed by atoms with Crippen LogP contribution in [0.4, 0.5) is 0 Å². The SMILES string of the molecule is CC1CN(S(=O)(=O)c2cccc3cnccc23)CCC1Cl. The maximum atomic E-state index is 12.9. The average Bonchev–Trinajstić information content (AvgIpc) is 2.49. The Kier molecular flexibility index (Phi) is 3.90. The standard InChI is InChI=1S/C15H17ClN2O2S/c1-11-10-18(8-6-14(11)16)21(19,20)15-4-2-3-12-9-17-7-5-13(12)15/h2-5,7,9,11,14H,6,8,10H2,1H3. The van der Waals surface area contributed by atoms with E-state index in [4.69, 9.17) is 11.6 Å². The van der Waals surface area contributed by atoms with Gasteiger partial charge in [0.1, 0.15) is 0 Å². The van der Waals surface area contributed by atoms with Crippen molar-refractivity contribution in [1.82, 2.24) is 9.29 Å². The van der Waals surface area contributed by atoms with E-state index in [9.17, 15) is 8.42 Å². The third-order valence-corrected chi connectivity index (χ3v) is 6.59. The molecule has 112 valence electrons. The highest BCUT2D eigenvalue weighted by molar-refractivity contribution is 7.89. The molecule has 1 aliphatic rings. The summed E-state index contributed by atoms with van der Waals surface area (Å²) in [6.45, 7) is 2.94. The number of alkyl halides is 1. The van der Waals surface area contributed by atoms with Crippen molar-refractivity contribution in [2.75, 3.05) is 13.1 Å². The highest BCUT2D eigenvalue weighted by atomic mass is 35.5. The van der Waals surface area contributed by atoms with Gasteiger partial charge >= 0.3 is 0 Å². The number of piperidine rings is 1. The number of halogens is 1. The van der Waals surface area contributed by atoms with Crippen LogP contribution in [-0.2, 0) is 10.0 Å². The lowest BCUT2D eigenvalue weighted by Gasteiger charge is -2.33. The van der Waals surface area contributed by atoms with Gasteiger partial charge in [-0.1, -0.05) is 19.1 Å².